The zero-order chi connectivity index (χ0) is 19.6. The average Bonchev–Trinajstić information content (AvgIpc) is 3.25. The maximum atomic E-state index is 6.30. The summed E-state index contributed by atoms with van der Waals surface area (Å²) in [5.41, 5.74) is 2.00. The molecule has 7 heteroatoms. The highest BCUT2D eigenvalue weighted by Gasteiger charge is 2.20. The number of guanidine groups is 1. The maximum absolute atomic E-state index is 6.30. The molecule has 3 rings (SSSR count). The van der Waals surface area contributed by atoms with Crippen molar-refractivity contribution in [2.75, 3.05) is 13.7 Å². The Balaban J connectivity index is 0.00000300. The fourth-order valence-corrected chi connectivity index (χ4v) is 3.34. The number of aliphatic imine (C=N–C) groups is 1. The first-order valence-electron chi connectivity index (χ1n) is 10.0. The molecule has 1 fully saturated rings. The zero-order valence-corrected chi connectivity index (χ0v) is 19.5. The third kappa shape index (κ3) is 7.06. The Morgan fingerprint density at radius 1 is 1.14 bits per heavy atom. The van der Waals surface area contributed by atoms with Gasteiger partial charge < -0.3 is 20.1 Å². The van der Waals surface area contributed by atoms with Crippen LogP contribution in [0.25, 0.3) is 0 Å². The largest absolute Gasteiger partial charge is 0.493 e. The van der Waals surface area contributed by atoms with Crippen molar-refractivity contribution < 1.29 is 9.47 Å². The third-order valence-corrected chi connectivity index (χ3v) is 4.78. The number of nitrogens with zero attached hydrogens (tertiary/aromatic N) is 2. The van der Waals surface area contributed by atoms with Crippen molar-refractivity contribution in [2.24, 2.45) is 4.99 Å². The van der Waals surface area contributed by atoms with E-state index in [-0.39, 0.29) is 30.1 Å². The smallest absolute Gasteiger partial charge is 0.191 e. The van der Waals surface area contributed by atoms with Gasteiger partial charge in [-0.3, -0.25) is 4.98 Å². The van der Waals surface area contributed by atoms with Crippen LogP contribution in [0.2, 0.25) is 0 Å². The van der Waals surface area contributed by atoms with E-state index in [0.717, 1.165) is 48.1 Å². The lowest BCUT2D eigenvalue weighted by Gasteiger charge is -2.19. The Labute approximate surface area is 190 Å². The van der Waals surface area contributed by atoms with Gasteiger partial charge in [0.15, 0.2) is 17.5 Å². The SMILES string of the molecule is CCNC(=NCc1cccc(OC)c1OC1CCCC1)NCc1ccccn1.I. The van der Waals surface area contributed by atoms with Crippen molar-refractivity contribution in [3.8, 4) is 11.5 Å². The van der Waals surface area contributed by atoms with Crippen LogP contribution in [0.3, 0.4) is 0 Å². The zero-order valence-electron chi connectivity index (χ0n) is 17.2. The summed E-state index contributed by atoms with van der Waals surface area (Å²) < 4.78 is 11.8. The van der Waals surface area contributed by atoms with Crippen LogP contribution in [0, 0.1) is 0 Å². The molecule has 2 aromatic rings. The summed E-state index contributed by atoms with van der Waals surface area (Å²) in [5.74, 6) is 2.34. The van der Waals surface area contributed by atoms with Gasteiger partial charge in [0.2, 0.25) is 0 Å². The lowest BCUT2D eigenvalue weighted by Crippen LogP contribution is -2.37. The van der Waals surface area contributed by atoms with E-state index in [0.29, 0.717) is 13.1 Å². The van der Waals surface area contributed by atoms with E-state index in [9.17, 15) is 0 Å². The van der Waals surface area contributed by atoms with Gasteiger partial charge in [-0.2, -0.15) is 0 Å². The van der Waals surface area contributed by atoms with Crippen molar-refractivity contribution in [3.05, 3.63) is 53.9 Å². The number of ether oxygens (including phenoxy) is 2. The van der Waals surface area contributed by atoms with E-state index >= 15 is 0 Å². The first kappa shape index (κ1) is 23.3. The van der Waals surface area contributed by atoms with Crippen molar-refractivity contribution in [1.82, 2.24) is 15.6 Å². The lowest BCUT2D eigenvalue weighted by molar-refractivity contribution is 0.198. The minimum Gasteiger partial charge on any atom is -0.493 e. The summed E-state index contributed by atoms with van der Waals surface area (Å²) in [6.45, 7) is 3.97. The molecule has 0 spiro atoms. The molecular weight excluding hydrogens is 479 g/mol. The van der Waals surface area contributed by atoms with Crippen molar-refractivity contribution in [1.29, 1.82) is 0 Å². The Kier molecular flexibility index (Phi) is 10.0. The molecule has 1 aliphatic carbocycles. The van der Waals surface area contributed by atoms with Crippen LogP contribution in [0.15, 0.2) is 47.6 Å². The van der Waals surface area contributed by atoms with E-state index in [2.05, 4.69) is 28.6 Å². The van der Waals surface area contributed by atoms with Crippen LogP contribution < -0.4 is 20.1 Å². The minimum absolute atomic E-state index is 0. The van der Waals surface area contributed by atoms with Crippen LogP contribution in [0.5, 0.6) is 11.5 Å². The molecule has 158 valence electrons. The molecule has 2 N–H and O–H groups in total. The molecule has 1 aliphatic rings. The summed E-state index contributed by atoms with van der Waals surface area (Å²) in [7, 11) is 1.68. The maximum Gasteiger partial charge on any atom is 0.191 e. The number of halogens is 1. The second kappa shape index (κ2) is 12.5. The fourth-order valence-electron chi connectivity index (χ4n) is 3.34. The number of benzene rings is 1. The van der Waals surface area contributed by atoms with Gasteiger partial charge in [-0.1, -0.05) is 18.2 Å². The number of pyridine rings is 1. The summed E-state index contributed by atoms with van der Waals surface area (Å²) in [6.07, 6.45) is 6.74. The molecule has 1 aromatic carbocycles. The van der Waals surface area contributed by atoms with Gasteiger partial charge >= 0.3 is 0 Å². The number of methoxy groups -OCH3 is 1. The highest BCUT2D eigenvalue weighted by Crippen LogP contribution is 2.35. The van der Waals surface area contributed by atoms with Gasteiger partial charge in [-0.05, 0) is 50.8 Å². The number of nitrogens with one attached hydrogen (secondary N) is 2. The van der Waals surface area contributed by atoms with E-state index in [1.807, 2.05) is 30.3 Å². The van der Waals surface area contributed by atoms with E-state index in [4.69, 9.17) is 14.5 Å². The first-order chi connectivity index (χ1) is 13.8. The van der Waals surface area contributed by atoms with Crippen LogP contribution in [-0.4, -0.2) is 30.7 Å². The van der Waals surface area contributed by atoms with Crippen molar-refractivity contribution in [2.45, 2.75) is 51.8 Å². The minimum atomic E-state index is 0. The van der Waals surface area contributed by atoms with Gasteiger partial charge in [0, 0.05) is 18.3 Å². The summed E-state index contributed by atoms with van der Waals surface area (Å²) in [4.78, 5) is 9.08. The van der Waals surface area contributed by atoms with Crippen molar-refractivity contribution in [3.63, 3.8) is 0 Å². The second-order valence-corrected chi connectivity index (χ2v) is 6.84. The van der Waals surface area contributed by atoms with Crippen molar-refractivity contribution >= 4 is 29.9 Å². The van der Waals surface area contributed by atoms with Gasteiger partial charge in [-0.15, -0.1) is 24.0 Å². The molecule has 0 aliphatic heterocycles. The number of para-hydroxylation sites is 1. The summed E-state index contributed by atoms with van der Waals surface area (Å²) >= 11 is 0. The Morgan fingerprint density at radius 2 is 1.97 bits per heavy atom. The molecule has 0 radical (unpaired) electrons. The normalized spacial score (nSPS) is 14.2. The molecule has 1 heterocycles. The third-order valence-electron chi connectivity index (χ3n) is 4.78. The van der Waals surface area contributed by atoms with E-state index in [1.165, 1.54) is 12.8 Å². The summed E-state index contributed by atoms with van der Waals surface area (Å²) in [5, 5.41) is 6.62. The lowest BCUT2D eigenvalue weighted by atomic mass is 10.1. The predicted molar refractivity (Wildman–Crippen MR) is 127 cm³/mol. The Bertz CT molecular complexity index is 765. The number of aromatic nitrogens is 1. The molecule has 0 atom stereocenters. The standard InChI is InChI=1S/C22H30N4O2.HI/c1-3-23-22(26-16-18-10-6-7-14-24-18)25-15-17-9-8-13-20(27-2)21(17)28-19-11-4-5-12-19;/h6-10,13-14,19H,3-5,11-12,15-16H2,1-2H3,(H2,23,25,26);1H. The Morgan fingerprint density at radius 3 is 2.66 bits per heavy atom. The molecule has 6 nitrogen and oxygen atoms in total. The molecule has 1 saturated carbocycles. The highest BCUT2D eigenvalue weighted by atomic mass is 127. The Hall–Kier alpha value is -2.03. The van der Waals surface area contributed by atoms with Gasteiger partial charge in [-0.25, -0.2) is 4.99 Å². The highest BCUT2D eigenvalue weighted by molar-refractivity contribution is 14.0. The predicted octanol–water partition coefficient (Wildman–Crippen LogP) is 4.28. The van der Waals surface area contributed by atoms with Gasteiger partial charge in [0.1, 0.15) is 0 Å². The number of rotatable bonds is 8. The first-order valence-corrected chi connectivity index (χ1v) is 10.0. The van der Waals surface area contributed by atoms with E-state index < -0.39 is 0 Å². The molecular formula is C22H31IN4O2. The topological polar surface area (TPSA) is 67.8 Å². The van der Waals surface area contributed by atoms with Gasteiger partial charge in [0.05, 0.1) is 32.0 Å². The molecule has 29 heavy (non-hydrogen) atoms. The van der Waals surface area contributed by atoms with Crippen LogP contribution in [-0.2, 0) is 13.1 Å². The van der Waals surface area contributed by atoms with E-state index in [1.54, 1.807) is 13.3 Å². The van der Waals surface area contributed by atoms with Crippen LogP contribution in [0.4, 0.5) is 0 Å². The number of hydrogen-bond donors (Lipinski definition) is 2. The molecule has 1 aromatic heterocycles. The number of hydrogen-bond acceptors (Lipinski definition) is 4. The second-order valence-electron chi connectivity index (χ2n) is 6.84. The van der Waals surface area contributed by atoms with Crippen LogP contribution >= 0.6 is 24.0 Å². The molecule has 0 unspecified atom stereocenters. The van der Waals surface area contributed by atoms with Gasteiger partial charge in [0.25, 0.3) is 0 Å². The molecule has 0 bridgehead atoms. The van der Waals surface area contributed by atoms with Crippen LogP contribution in [0.1, 0.15) is 43.9 Å². The average molecular weight is 510 g/mol. The molecule has 0 amide bonds. The summed E-state index contributed by atoms with van der Waals surface area (Å²) in [6, 6.07) is 11.9. The monoisotopic (exact) mass is 510 g/mol. The molecule has 0 saturated heterocycles. The fraction of sp³-hybridized carbons (Fsp3) is 0.455. The quantitative estimate of drug-likeness (QED) is 0.315.